The first-order chi connectivity index (χ1) is 33.6. The van der Waals surface area contributed by atoms with E-state index in [9.17, 15) is 29.1 Å². The molecule has 370 valence electrons. The van der Waals surface area contributed by atoms with E-state index in [4.69, 9.17) is 40.0 Å². The van der Waals surface area contributed by atoms with E-state index in [0.29, 0.717) is 12.0 Å². The molecule has 5 aliphatic rings. The van der Waals surface area contributed by atoms with Crippen molar-refractivity contribution in [2.24, 2.45) is 28.1 Å². The summed E-state index contributed by atoms with van der Waals surface area (Å²) in [5.41, 5.74) is -7.64. The largest absolute Gasteiger partial charge is 0.456 e. The first-order valence-electron chi connectivity index (χ1n) is 25.6. The second-order valence-corrected chi connectivity index (χ2v) is 20.9. The summed E-state index contributed by atoms with van der Waals surface area (Å²) in [6.07, 6.45) is -11.5. The SMILES string of the molecule is [2H]C([2H])([2H])C(OC(=O)N[C@@H](c1ccc(C)c(C)c1C)[C@@H](O)C(=O)O[C@H]1C[C@@]2(OC)[C@@H](OC(=O)c3ccccc3)[C@@H]3[C@]4(OC(C)=O)CO[C@@H]4C[C@@H]4C[C@@]43C(=O)[C@H](OC(C)=O)C(=C1C)C2(C)C)(C([2H])([2H])C)C(C)(C)C. The number of ether oxygens (including phenoxy) is 7. The van der Waals surface area contributed by atoms with Crippen LogP contribution in [0.3, 0.4) is 0 Å². The lowest BCUT2D eigenvalue weighted by Crippen LogP contribution is -2.78. The number of hydrogen-bond acceptors (Lipinski definition) is 14. The summed E-state index contributed by atoms with van der Waals surface area (Å²) in [6, 6.07) is 9.67. The van der Waals surface area contributed by atoms with Crippen molar-refractivity contribution in [2.45, 2.75) is 169 Å². The van der Waals surface area contributed by atoms with Crippen molar-refractivity contribution in [3.8, 4) is 0 Å². The van der Waals surface area contributed by atoms with Crippen molar-refractivity contribution >= 4 is 35.8 Å². The number of rotatable bonds is 12. The lowest BCUT2D eigenvalue weighted by Gasteiger charge is -2.65. The highest BCUT2D eigenvalue weighted by atomic mass is 16.6. The van der Waals surface area contributed by atoms with Gasteiger partial charge in [0, 0.05) is 50.5 Å². The molecule has 0 aromatic heterocycles. The molecule has 4 aliphatic carbocycles. The van der Waals surface area contributed by atoms with Crippen molar-refractivity contribution in [3.05, 3.63) is 81.4 Å². The summed E-state index contributed by atoms with van der Waals surface area (Å²) < 4.78 is 86.7. The van der Waals surface area contributed by atoms with Gasteiger partial charge in [-0.05, 0) is 105 Å². The first-order valence-corrected chi connectivity index (χ1v) is 23.1. The number of amides is 1. The van der Waals surface area contributed by atoms with Crippen LogP contribution in [0.1, 0.15) is 140 Å². The average molecular weight is 949 g/mol. The molecule has 1 spiro atoms. The molecule has 2 bridgehead atoms. The Hall–Kier alpha value is -5.12. The molecule has 1 saturated heterocycles. The summed E-state index contributed by atoms with van der Waals surface area (Å²) in [5.74, 6) is -5.72. The molecule has 4 fully saturated rings. The molecule has 1 aliphatic heterocycles. The number of aryl methyl sites for hydroxylation is 1. The zero-order valence-corrected chi connectivity index (χ0v) is 41.2. The maximum Gasteiger partial charge on any atom is 0.408 e. The minimum absolute atomic E-state index is 0.152. The third kappa shape index (κ3) is 7.93. The van der Waals surface area contributed by atoms with Crippen molar-refractivity contribution in [1.82, 2.24) is 5.32 Å². The first kappa shape index (κ1) is 44.1. The van der Waals surface area contributed by atoms with Crippen molar-refractivity contribution in [1.29, 1.82) is 0 Å². The molecule has 1 unspecified atom stereocenters. The quantitative estimate of drug-likeness (QED) is 0.121. The highest BCUT2D eigenvalue weighted by molar-refractivity contribution is 5.97. The number of fused-ring (bicyclic) bond motifs is 4. The Morgan fingerprint density at radius 2 is 1.63 bits per heavy atom. The third-order valence-corrected chi connectivity index (χ3v) is 16.0. The molecule has 0 radical (unpaired) electrons. The minimum atomic E-state index is -3.22. The molecule has 12 atom stereocenters. The molecule has 1 amide bonds. The van der Waals surface area contributed by atoms with E-state index in [1.54, 1.807) is 77.1 Å². The molecule has 2 aromatic rings. The predicted molar refractivity (Wildman–Crippen MR) is 247 cm³/mol. The second kappa shape index (κ2) is 17.7. The van der Waals surface area contributed by atoms with Crippen LogP contribution in [0.2, 0.25) is 0 Å². The number of ketones is 1. The fourth-order valence-corrected chi connectivity index (χ4v) is 11.9. The minimum Gasteiger partial charge on any atom is -0.456 e. The Balaban J connectivity index is 1.39. The fraction of sp³-hybridized carbons (Fsp3) is 0.623. The van der Waals surface area contributed by atoms with Gasteiger partial charge in [-0.1, -0.05) is 71.9 Å². The Morgan fingerprint density at radius 3 is 2.19 bits per heavy atom. The van der Waals surface area contributed by atoms with Crippen LogP contribution in [0.25, 0.3) is 0 Å². The second-order valence-electron chi connectivity index (χ2n) is 20.9. The normalized spacial score (nSPS) is 33.3. The molecule has 2 N–H and O–H groups in total. The van der Waals surface area contributed by atoms with Gasteiger partial charge in [-0.15, -0.1) is 0 Å². The number of aliphatic hydroxyl groups excluding tert-OH is 1. The number of hydrogen-bond donors (Lipinski definition) is 2. The van der Waals surface area contributed by atoms with Gasteiger partial charge in [-0.3, -0.25) is 14.4 Å². The van der Waals surface area contributed by atoms with Gasteiger partial charge in [-0.25, -0.2) is 14.4 Å². The van der Waals surface area contributed by atoms with Gasteiger partial charge >= 0.3 is 30.0 Å². The molecule has 7 rings (SSSR count). The summed E-state index contributed by atoms with van der Waals surface area (Å²) in [6.45, 7) is 14.6. The van der Waals surface area contributed by atoms with E-state index >= 15 is 4.79 Å². The Morgan fingerprint density at radius 1 is 0.956 bits per heavy atom. The van der Waals surface area contributed by atoms with Gasteiger partial charge in [-0.2, -0.15) is 0 Å². The summed E-state index contributed by atoms with van der Waals surface area (Å²) in [5, 5.41) is 14.8. The maximum absolute atomic E-state index is 15.8. The molecule has 68 heavy (non-hydrogen) atoms. The third-order valence-electron chi connectivity index (χ3n) is 16.0. The lowest BCUT2D eigenvalue weighted by molar-refractivity contribution is -0.325. The van der Waals surface area contributed by atoms with Crippen LogP contribution in [-0.2, 0) is 52.3 Å². The van der Waals surface area contributed by atoms with E-state index in [2.05, 4.69) is 5.32 Å². The van der Waals surface area contributed by atoms with Gasteiger partial charge in [0.05, 0.1) is 24.1 Å². The Kier molecular flexibility index (Phi) is 11.5. The van der Waals surface area contributed by atoms with Crippen molar-refractivity contribution in [3.63, 3.8) is 0 Å². The topological polar surface area (TPSA) is 199 Å². The number of alkyl carbamates (subject to hydrolysis) is 1. The number of aliphatic hydroxyl groups is 1. The lowest BCUT2D eigenvalue weighted by atomic mass is 9.48. The van der Waals surface area contributed by atoms with Crippen LogP contribution in [0.5, 0.6) is 0 Å². The summed E-state index contributed by atoms with van der Waals surface area (Å²) in [7, 11) is 1.37. The van der Waals surface area contributed by atoms with Crippen LogP contribution < -0.4 is 5.32 Å². The molecule has 1 heterocycles. The fourth-order valence-electron chi connectivity index (χ4n) is 11.9. The molecule has 2 aromatic carbocycles. The monoisotopic (exact) mass is 949 g/mol. The van der Waals surface area contributed by atoms with Gasteiger partial charge in [0.1, 0.15) is 29.5 Å². The van der Waals surface area contributed by atoms with Crippen molar-refractivity contribution in [2.75, 3.05) is 13.7 Å². The van der Waals surface area contributed by atoms with E-state index < -0.39 is 125 Å². The van der Waals surface area contributed by atoms with Gasteiger partial charge < -0.3 is 43.6 Å². The molecule has 15 heteroatoms. The van der Waals surface area contributed by atoms with Crippen LogP contribution in [-0.4, -0.2) is 102 Å². The van der Waals surface area contributed by atoms with Gasteiger partial charge in [0.25, 0.3) is 0 Å². The maximum atomic E-state index is 15.8. The Labute approximate surface area is 406 Å². The van der Waals surface area contributed by atoms with E-state index in [1.165, 1.54) is 34.8 Å². The number of carbonyl (C=O) groups excluding carboxylic acids is 6. The summed E-state index contributed by atoms with van der Waals surface area (Å²) >= 11 is 0. The number of methoxy groups -OCH3 is 1. The number of esters is 4. The zero-order valence-electron chi connectivity index (χ0n) is 46.2. The average Bonchev–Trinajstić information content (AvgIpc) is 4.00. The zero-order chi connectivity index (χ0) is 54.6. The highest BCUT2D eigenvalue weighted by Gasteiger charge is 2.84. The Bertz CT molecular complexity index is 2580. The number of benzene rings is 2. The number of Topliss-reactive ketones (excluding diaryl/α,β-unsaturated/α-hetero) is 1. The molecule has 3 saturated carbocycles. The predicted octanol–water partition coefficient (Wildman–Crippen LogP) is 7.47. The van der Waals surface area contributed by atoms with E-state index in [0.717, 1.165) is 25.0 Å². The standard InChI is InChI=1S/C53H69NO14/c1-15-50(13,48(8,9)10)68-47(61)54-39(35-22-21-27(2)28(3)29(35)4)40(57)46(60)65-36-25-53(62-14)44(66-45(59)33-19-17-16-18-20-33)42-51(24-34(51)23-37-52(42,26-63-37)67-32(7)56)43(58)41(64-31(6)55)38(30(36)5)49(53,11)12/h16-22,34,36-37,39-42,44,57H,15,23-26H2,1-14H3,(H,54,61)/t34-,36+,37-,39+,40-,41-,42+,44+,50?,51-,52+,53-/m1/s1/i13D3,15D2. The summed E-state index contributed by atoms with van der Waals surface area (Å²) in [4.78, 5) is 86.0. The van der Waals surface area contributed by atoms with Gasteiger partial charge in [0.15, 0.2) is 23.6 Å². The van der Waals surface area contributed by atoms with Crippen molar-refractivity contribution < 1.29 is 73.9 Å². The molecular weight excluding hydrogens is 875 g/mol. The van der Waals surface area contributed by atoms with Crippen LogP contribution >= 0.6 is 0 Å². The molecule has 15 nitrogen and oxygen atoms in total. The van der Waals surface area contributed by atoms with Gasteiger partial charge in [0.2, 0.25) is 0 Å². The molecular formula is C53H69NO14. The number of carbonyl (C=O) groups is 6. The van der Waals surface area contributed by atoms with E-state index in [-0.39, 0.29) is 47.6 Å². The number of nitrogens with one attached hydrogen (secondary N) is 1. The van der Waals surface area contributed by atoms with Crippen LogP contribution in [0.15, 0.2) is 53.6 Å². The highest BCUT2D eigenvalue weighted by Crippen LogP contribution is 2.75. The van der Waals surface area contributed by atoms with Crippen LogP contribution in [0.4, 0.5) is 4.79 Å². The smallest absolute Gasteiger partial charge is 0.408 e. The van der Waals surface area contributed by atoms with E-state index in [1.807, 2.05) is 6.92 Å². The van der Waals surface area contributed by atoms with Crippen LogP contribution in [0, 0.1) is 48.9 Å².